The zero-order chi connectivity index (χ0) is 11.9. The molecule has 0 heterocycles. The van der Waals surface area contributed by atoms with E-state index in [2.05, 4.69) is 11.8 Å². The summed E-state index contributed by atoms with van der Waals surface area (Å²) in [5.41, 5.74) is 4.08. The van der Waals surface area contributed by atoms with E-state index in [4.69, 9.17) is 0 Å². The standard InChI is InChI=1S/C16H20O/c17-16(15-11-5-2-6-12-15)13-7-10-14-8-3-1-4-9-14/h2,5-6,10-14,16-17H,1,3-4,8-9H2. The first kappa shape index (κ1) is 12.2. The Morgan fingerprint density at radius 3 is 2.53 bits per heavy atom. The van der Waals surface area contributed by atoms with Crippen LogP contribution in [0.3, 0.4) is 0 Å². The highest BCUT2D eigenvalue weighted by atomic mass is 16.3. The Labute approximate surface area is 103 Å². The fourth-order valence-corrected chi connectivity index (χ4v) is 2.33. The lowest BCUT2D eigenvalue weighted by Gasteiger charge is -2.16. The Morgan fingerprint density at radius 2 is 1.82 bits per heavy atom. The quantitative estimate of drug-likeness (QED) is 0.775. The summed E-state index contributed by atoms with van der Waals surface area (Å²) in [6, 6.07) is 9.71. The molecule has 0 amide bonds. The molecule has 17 heavy (non-hydrogen) atoms. The van der Waals surface area contributed by atoms with Crippen molar-refractivity contribution in [2.75, 3.05) is 0 Å². The molecule has 1 aliphatic rings. The number of rotatable bonds is 3. The summed E-state index contributed by atoms with van der Waals surface area (Å²) in [6.45, 7) is 0. The molecular weight excluding hydrogens is 208 g/mol. The van der Waals surface area contributed by atoms with Gasteiger partial charge in [-0.05, 0) is 36.5 Å². The van der Waals surface area contributed by atoms with Crippen LogP contribution in [0, 0.1) is 5.92 Å². The molecule has 1 heteroatoms. The molecule has 0 bridgehead atoms. The lowest BCUT2D eigenvalue weighted by molar-refractivity contribution is 0.229. The summed E-state index contributed by atoms with van der Waals surface area (Å²) in [7, 11) is 0. The molecule has 0 saturated heterocycles. The molecule has 90 valence electrons. The maximum Gasteiger partial charge on any atom is 0.104 e. The molecule has 0 aromatic heterocycles. The van der Waals surface area contributed by atoms with Gasteiger partial charge < -0.3 is 5.11 Å². The van der Waals surface area contributed by atoms with Crippen molar-refractivity contribution in [3.63, 3.8) is 0 Å². The molecule has 1 nitrogen and oxygen atoms in total. The maximum atomic E-state index is 9.91. The fraction of sp³-hybridized carbons (Fsp3) is 0.438. The topological polar surface area (TPSA) is 20.2 Å². The molecule has 0 radical (unpaired) electrons. The molecule has 0 aliphatic heterocycles. The summed E-state index contributed by atoms with van der Waals surface area (Å²) in [5, 5.41) is 9.91. The minimum Gasteiger partial charge on any atom is -0.384 e. The van der Waals surface area contributed by atoms with Crippen molar-refractivity contribution in [1.82, 2.24) is 0 Å². The van der Waals surface area contributed by atoms with Crippen LogP contribution in [0.2, 0.25) is 0 Å². The second-order valence-corrected chi connectivity index (χ2v) is 4.75. The predicted molar refractivity (Wildman–Crippen MR) is 70.6 cm³/mol. The van der Waals surface area contributed by atoms with E-state index in [1.807, 2.05) is 30.3 Å². The molecule has 2 rings (SSSR count). The van der Waals surface area contributed by atoms with E-state index in [0.717, 1.165) is 5.56 Å². The van der Waals surface area contributed by atoms with E-state index in [0.29, 0.717) is 5.92 Å². The van der Waals surface area contributed by atoms with Crippen molar-refractivity contribution in [3.05, 3.63) is 53.8 Å². The van der Waals surface area contributed by atoms with E-state index in [1.54, 1.807) is 6.08 Å². The fourth-order valence-electron chi connectivity index (χ4n) is 2.33. The molecule has 1 aromatic rings. The van der Waals surface area contributed by atoms with Crippen LogP contribution in [0.5, 0.6) is 0 Å². The summed E-state index contributed by atoms with van der Waals surface area (Å²) in [6.07, 6.45) is 9.96. The molecule has 1 aliphatic carbocycles. The summed E-state index contributed by atoms with van der Waals surface area (Å²) in [5.74, 6) is 0.669. The highest BCUT2D eigenvalue weighted by molar-refractivity contribution is 5.20. The number of aliphatic hydroxyl groups is 1. The highest BCUT2D eigenvalue weighted by Gasteiger charge is 2.09. The van der Waals surface area contributed by atoms with Gasteiger partial charge in [0.05, 0.1) is 0 Å². The third-order valence-electron chi connectivity index (χ3n) is 3.38. The van der Waals surface area contributed by atoms with Crippen molar-refractivity contribution in [2.24, 2.45) is 5.92 Å². The van der Waals surface area contributed by atoms with Gasteiger partial charge in [0.2, 0.25) is 0 Å². The largest absolute Gasteiger partial charge is 0.384 e. The smallest absolute Gasteiger partial charge is 0.104 e. The van der Waals surface area contributed by atoms with Gasteiger partial charge in [-0.1, -0.05) is 49.6 Å². The average Bonchev–Trinajstić information content (AvgIpc) is 2.41. The number of hydrogen-bond acceptors (Lipinski definition) is 1. The van der Waals surface area contributed by atoms with E-state index < -0.39 is 6.10 Å². The van der Waals surface area contributed by atoms with Crippen molar-refractivity contribution < 1.29 is 5.11 Å². The Kier molecular flexibility index (Phi) is 4.61. The number of benzene rings is 1. The Balaban J connectivity index is 1.93. The van der Waals surface area contributed by atoms with Gasteiger partial charge in [0, 0.05) is 0 Å². The van der Waals surface area contributed by atoms with Gasteiger partial charge in [-0.3, -0.25) is 0 Å². The van der Waals surface area contributed by atoms with Crippen molar-refractivity contribution in [3.8, 4) is 0 Å². The van der Waals surface area contributed by atoms with Crippen LogP contribution in [0.1, 0.15) is 43.8 Å². The lowest BCUT2D eigenvalue weighted by atomic mass is 9.89. The Hall–Kier alpha value is -1.30. The molecule has 1 N–H and O–H groups in total. The molecular formula is C16H20O. The van der Waals surface area contributed by atoms with Gasteiger partial charge in [-0.15, -0.1) is 5.73 Å². The third-order valence-corrected chi connectivity index (χ3v) is 3.38. The van der Waals surface area contributed by atoms with Crippen LogP contribution in [0.4, 0.5) is 0 Å². The SMILES string of the molecule is OC(C=C=CC1CCCCC1)c1ccccc1. The first-order valence-corrected chi connectivity index (χ1v) is 6.52. The second-order valence-electron chi connectivity index (χ2n) is 4.75. The van der Waals surface area contributed by atoms with Crippen LogP contribution in [-0.2, 0) is 0 Å². The maximum absolute atomic E-state index is 9.91. The number of hydrogen-bond donors (Lipinski definition) is 1. The second kappa shape index (κ2) is 6.44. The van der Waals surface area contributed by atoms with Crippen LogP contribution in [0.15, 0.2) is 48.2 Å². The van der Waals surface area contributed by atoms with Gasteiger partial charge in [-0.25, -0.2) is 0 Å². The minimum absolute atomic E-state index is 0.531. The molecule has 1 saturated carbocycles. The van der Waals surface area contributed by atoms with Crippen LogP contribution in [-0.4, -0.2) is 5.11 Å². The first-order chi connectivity index (χ1) is 8.36. The summed E-state index contributed by atoms with van der Waals surface area (Å²) < 4.78 is 0. The molecule has 1 fully saturated rings. The molecule has 1 atom stereocenters. The minimum atomic E-state index is -0.531. The zero-order valence-electron chi connectivity index (χ0n) is 10.2. The third kappa shape index (κ3) is 3.89. The van der Waals surface area contributed by atoms with Gasteiger partial charge in [-0.2, -0.15) is 0 Å². The van der Waals surface area contributed by atoms with E-state index in [9.17, 15) is 5.11 Å². The lowest BCUT2D eigenvalue weighted by Crippen LogP contribution is -2.01. The zero-order valence-corrected chi connectivity index (χ0v) is 10.2. The van der Waals surface area contributed by atoms with Crippen LogP contribution >= 0.6 is 0 Å². The van der Waals surface area contributed by atoms with Crippen LogP contribution in [0.25, 0.3) is 0 Å². The average molecular weight is 228 g/mol. The predicted octanol–water partition coefficient (Wildman–Crippen LogP) is 4.01. The Bertz CT molecular complexity index is 381. The van der Waals surface area contributed by atoms with E-state index in [-0.39, 0.29) is 0 Å². The highest BCUT2D eigenvalue weighted by Crippen LogP contribution is 2.24. The number of aliphatic hydroxyl groups excluding tert-OH is 1. The molecule has 1 aromatic carbocycles. The van der Waals surface area contributed by atoms with Crippen molar-refractivity contribution >= 4 is 0 Å². The Morgan fingerprint density at radius 1 is 1.12 bits per heavy atom. The summed E-state index contributed by atoms with van der Waals surface area (Å²) >= 11 is 0. The first-order valence-electron chi connectivity index (χ1n) is 6.52. The van der Waals surface area contributed by atoms with Gasteiger partial charge in [0.1, 0.15) is 6.10 Å². The van der Waals surface area contributed by atoms with Crippen molar-refractivity contribution in [2.45, 2.75) is 38.2 Å². The molecule has 1 unspecified atom stereocenters. The van der Waals surface area contributed by atoms with E-state index >= 15 is 0 Å². The molecule has 0 spiro atoms. The normalized spacial score (nSPS) is 18.2. The van der Waals surface area contributed by atoms with Gasteiger partial charge in [0.15, 0.2) is 0 Å². The van der Waals surface area contributed by atoms with E-state index in [1.165, 1.54) is 32.1 Å². The van der Waals surface area contributed by atoms with Crippen molar-refractivity contribution in [1.29, 1.82) is 0 Å². The van der Waals surface area contributed by atoms with Crippen LogP contribution < -0.4 is 0 Å². The van der Waals surface area contributed by atoms with Gasteiger partial charge >= 0.3 is 0 Å². The van der Waals surface area contributed by atoms with Gasteiger partial charge in [0.25, 0.3) is 0 Å². The summed E-state index contributed by atoms with van der Waals surface area (Å²) in [4.78, 5) is 0. The monoisotopic (exact) mass is 228 g/mol.